The van der Waals surface area contributed by atoms with Gasteiger partial charge in [-0.1, -0.05) is 6.92 Å². The second-order valence-corrected chi connectivity index (χ2v) is 5.26. The summed E-state index contributed by atoms with van der Waals surface area (Å²) in [5.74, 6) is -0.393. The minimum atomic E-state index is -0.861. The number of ether oxygens (including phenoxy) is 1. The molecule has 0 bridgehead atoms. The van der Waals surface area contributed by atoms with Crippen molar-refractivity contribution in [1.29, 1.82) is 0 Å². The number of hydrogen-bond donors (Lipinski definition) is 3. The van der Waals surface area contributed by atoms with E-state index in [4.69, 9.17) is 4.74 Å². The lowest BCUT2D eigenvalue weighted by Gasteiger charge is -2.25. The van der Waals surface area contributed by atoms with E-state index in [9.17, 15) is 4.79 Å². The highest BCUT2D eigenvalue weighted by Crippen LogP contribution is 2.25. The van der Waals surface area contributed by atoms with Crippen LogP contribution >= 0.6 is 37.9 Å². The van der Waals surface area contributed by atoms with E-state index in [1.807, 2.05) is 0 Å². The van der Waals surface area contributed by atoms with Crippen LogP contribution in [0.15, 0.2) is 0 Å². The van der Waals surface area contributed by atoms with E-state index in [-0.39, 0.29) is 5.25 Å². The number of hydrogen-bond acceptors (Lipinski definition) is 5. The topological polar surface area (TPSA) is 26.3 Å². The summed E-state index contributed by atoms with van der Waals surface area (Å²) in [6.45, 7) is 5.14. The molecule has 0 fully saturated rings. The van der Waals surface area contributed by atoms with Gasteiger partial charge >= 0.3 is 5.97 Å². The largest absolute Gasteiger partial charge is 0.451 e. The third-order valence-corrected chi connectivity index (χ3v) is 2.90. The number of carbonyl (C=O) groups excluding carboxylic acids is 1. The van der Waals surface area contributed by atoms with Gasteiger partial charge in [-0.3, -0.25) is 4.79 Å². The van der Waals surface area contributed by atoms with Crippen molar-refractivity contribution in [1.82, 2.24) is 0 Å². The van der Waals surface area contributed by atoms with Gasteiger partial charge in [-0.25, -0.2) is 0 Å². The predicted octanol–water partition coefficient (Wildman–Crippen LogP) is 1.81. The van der Waals surface area contributed by atoms with Crippen LogP contribution in [0.4, 0.5) is 0 Å². The summed E-state index contributed by atoms with van der Waals surface area (Å²) >= 11 is 12.2. The maximum absolute atomic E-state index is 11.3. The Morgan fingerprint density at radius 1 is 1.42 bits per heavy atom. The molecule has 0 radical (unpaired) electrons. The number of esters is 1. The molecule has 0 aliphatic rings. The second-order valence-electron chi connectivity index (χ2n) is 2.83. The summed E-state index contributed by atoms with van der Waals surface area (Å²) in [7, 11) is 0. The predicted molar refractivity (Wildman–Crippen MR) is 60.4 cm³/mol. The summed E-state index contributed by atoms with van der Waals surface area (Å²) in [5.41, 5.74) is -0.406. The van der Waals surface area contributed by atoms with Crippen LogP contribution in [0.1, 0.15) is 20.8 Å². The number of thiol groups is 3. The third kappa shape index (κ3) is 3.49. The van der Waals surface area contributed by atoms with Crippen molar-refractivity contribution in [2.24, 2.45) is 0 Å². The molecular formula is C7H14O2S3. The lowest BCUT2D eigenvalue weighted by Crippen LogP contribution is -2.39. The highest BCUT2D eigenvalue weighted by Gasteiger charge is 2.35. The minimum Gasteiger partial charge on any atom is -0.451 e. The Balaban J connectivity index is 4.26. The molecule has 0 aliphatic carbocycles. The SMILES string of the molecule is CC(S)OC(=O)C(C)(S)C(C)S. The van der Waals surface area contributed by atoms with Crippen LogP contribution in [0.5, 0.6) is 0 Å². The minimum absolute atomic E-state index is 0.166. The molecule has 0 spiro atoms. The molecule has 0 saturated carbocycles. The molecule has 0 amide bonds. The fourth-order valence-electron chi connectivity index (χ4n) is 0.445. The number of rotatable bonds is 3. The molecule has 3 atom stereocenters. The molecular weight excluding hydrogens is 212 g/mol. The van der Waals surface area contributed by atoms with Crippen molar-refractivity contribution in [3.05, 3.63) is 0 Å². The highest BCUT2D eigenvalue weighted by molar-refractivity contribution is 7.86. The van der Waals surface area contributed by atoms with Gasteiger partial charge in [-0.15, -0.1) is 12.6 Å². The molecule has 3 unspecified atom stereocenters. The van der Waals surface area contributed by atoms with Gasteiger partial charge in [-0.2, -0.15) is 25.3 Å². The standard InChI is InChI=1S/C7H14O2S3/c1-4(10)7(3,12)6(8)9-5(2)11/h4-5,10-12H,1-3H3. The first-order chi connectivity index (χ1) is 5.28. The summed E-state index contributed by atoms with van der Waals surface area (Å²) in [5, 5.41) is -0.166. The quantitative estimate of drug-likeness (QED) is 0.389. The Bertz CT molecular complexity index is 166. The normalized spacial score (nSPS) is 20.8. The Morgan fingerprint density at radius 2 is 1.83 bits per heavy atom. The third-order valence-electron chi connectivity index (χ3n) is 1.50. The van der Waals surface area contributed by atoms with Crippen molar-refractivity contribution in [2.45, 2.75) is 36.2 Å². The second kappa shape index (κ2) is 4.67. The van der Waals surface area contributed by atoms with Crippen LogP contribution in [0.3, 0.4) is 0 Å². The zero-order valence-electron chi connectivity index (χ0n) is 7.31. The zero-order valence-corrected chi connectivity index (χ0v) is 10.00. The van der Waals surface area contributed by atoms with Gasteiger partial charge < -0.3 is 4.74 Å². The Morgan fingerprint density at radius 3 is 2.08 bits per heavy atom. The van der Waals surface area contributed by atoms with E-state index in [1.54, 1.807) is 20.8 Å². The van der Waals surface area contributed by atoms with Gasteiger partial charge in [-0.05, 0) is 13.8 Å². The number of carbonyl (C=O) groups is 1. The van der Waals surface area contributed by atoms with Gasteiger partial charge in [0.15, 0.2) is 0 Å². The van der Waals surface area contributed by atoms with Crippen LogP contribution in [0.2, 0.25) is 0 Å². The molecule has 0 saturated heterocycles. The molecule has 72 valence electrons. The van der Waals surface area contributed by atoms with E-state index < -0.39 is 16.2 Å². The van der Waals surface area contributed by atoms with E-state index in [2.05, 4.69) is 37.9 Å². The monoisotopic (exact) mass is 226 g/mol. The van der Waals surface area contributed by atoms with Crippen LogP contribution in [-0.4, -0.2) is 21.4 Å². The Labute approximate surface area is 89.7 Å². The first-order valence-corrected chi connectivity index (χ1v) is 5.06. The highest BCUT2D eigenvalue weighted by atomic mass is 32.1. The van der Waals surface area contributed by atoms with Crippen LogP contribution < -0.4 is 0 Å². The first-order valence-electron chi connectivity index (χ1n) is 3.58. The Kier molecular flexibility index (Phi) is 4.87. The van der Waals surface area contributed by atoms with E-state index >= 15 is 0 Å². The van der Waals surface area contributed by atoms with Gasteiger partial charge in [0, 0.05) is 5.25 Å². The van der Waals surface area contributed by atoms with E-state index in [0.717, 1.165) is 0 Å². The van der Waals surface area contributed by atoms with Gasteiger partial charge in [0.2, 0.25) is 0 Å². The van der Waals surface area contributed by atoms with Crippen molar-refractivity contribution in [2.75, 3.05) is 0 Å². The van der Waals surface area contributed by atoms with Gasteiger partial charge in [0.25, 0.3) is 0 Å². The average Bonchev–Trinajstić information content (AvgIpc) is 1.85. The first kappa shape index (κ1) is 12.5. The van der Waals surface area contributed by atoms with Crippen molar-refractivity contribution in [3.63, 3.8) is 0 Å². The molecule has 0 aromatic rings. The molecule has 0 aromatic heterocycles. The molecule has 0 heterocycles. The average molecular weight is 226 g/mol. The van der Waals surface area contributed by atoms with E-state index in [0.29, 0.717) is 0 Å². The summed E-state index contributed by atoms with van der Waals surface area (Å²) in [4.78, 5) is 11.3. The van der Waals surface area contributed by atoms with Gasteiger partial charge in [0.1, 0.15) is 10.2 Å². The smallest absolute Gasteiger partial charge is 0.323 e. The molecule has 12 heavy (non-hydrogen) atoms. The fourth-order valence-corrected chi connectivity index (χ4v) is 0.699. The lowest BCUT2D eigenvalue weighted by molar-refractivity contribution is -0.146. The maximum Gasteiger partial charge on any atom is 0.323 e. The van der Waals surface area contributed by atoms with Crippen molar-refractivity contribution in [3.8, 4) is 0 Å². The summed E-state index contributed by atoms with van der Waals surface area (Å²) < 4.78 is 4.02. The summed E-state index contributed by atoms with van der Waals surface area (Å²) in [6, 6.07) is 0. The summed E-state index contributed by atoms with van der Waals surface area (Å²) in [6.07, 6.45) is 0. The Hall–Kier alpha value is 0.520. The lowest BCUT2D eigenvalue weighted by atomic mass is 10.1. The molecule has 2 nitrogen and oxygen atoms in total. The molecule has 0 N–H and O–H groups in total. The van der Waals surface area contributed by atoms with E-state index in [1.165, 1.54) is 0 Å². The van der Waals surface area contributed by atoms with Crippen LogP contribution in [0.25, 0.3) is 0 Å². The van der Waals surface area contributed by atoms with Crippen LogP contribution in [0, 0.1) is 0 Å². The molecule has 0 rings (SSSR count). The zero-order chi connectivity index (χ0) is 9.94. The maximum atomic E-state index is 11.3. The molecule has 0 aromatic carbocycles. The van der Waals surface area contributed by atoms with Crippen LogP contribution in [-0.2, 0) is 9.53 Å². The molecule has 0 aliphatic heterocycles. The van der Waals surface area contributed by atoms with Crippen molar-refractivity contribution >= 4 is 43.9 Å². The van der Waals surface area contributed by atoms with Gasteiger partial charge in [0.05, 0.1) is 0 Å². The van der Waals surface area contributed by atoms with Crippen molar-refractivity contribution < 1.29 is 9.53 Å². The molecule has 5 heteroatoms. The fraction of sp³-hybridized carbons (Fsp3) is 0.857.